The molecule has 1 heterocycles. The van der Waals surface area contributed by atoms with E-state index in [9.17, 15) is 4.79 Å². The summed E-state index contributed by atoms with van der Waals surface area (Å²) in [5.41, 5.74) is 0. The van der Waals surface area contributed by atoms with Crippen LogP contribution in [0.1, 0.15) is 32.0 Å². The number of carbonyl (C=O) groups is 1. The van der Waals surface area contributed by atoms with Crippen LogP contribution in [0.3, 0.4) is 0 Å². The normalized spacial score (nSPS) is 13.0. The Balaban J connectivity index is 2.70. The summed E-state index contributed by atoms with van der Waals surface area (Å²) >= 11 is 0. The topological polar surface area (TPSA) is 90.1 Å². The summed E-state index contributed by atoms with van der Waals surface area (Å²) in [6, 6.07) is 0. The second-order valence-electron chi connectivity index (χ2n) is 3.83. The lowest BCUT2D eigenvalue weighted by atomic mass is 10.2. The number of aromatic nitrogens is 4. The van der Waals surface area contributed by atoms with Crippen molar-refractivity contribution in [2.75, 3.05) is 7.11 Å². The summed E-state index contributed by atoms with van der Waals surface area (Å²) in [5, 5.41) is 19.9. The van der Waals surface area contributed by atoms with Crippen molar-refractivity contribution >= 4 is 5.97 Å². The van der Waals surface area contributed by atoms with Crippen molar-refractivity contribution in [3.8, 4) is 0 Å². The van der Waals surface area contributed by atoms with Gasteiger partial charge in [-0.25, -0.2) is 4.68 Å². The van der Waals surface area contributed by atoms with Crippen LogP contribution in [0.5, 0.6) is 0 Å². The number of methoxy groups -OCH3 is 1. The Labute approximate surface area is 93.4 Å². The van der Waals surface area contributed by atoms with Crippen molar-refractivity contribution in [1.29, 1.82) is 0 Å². The highest BCUT2D eigenvalue weighted by molar-refractivity contribution is 5.67. The van der Waals surface area contributed by atoms with Gasteiger partial charge in [-0.1, -0.05) is 13.8 Å². The fraction of sp³-hybridized carbons (Fsp3) is 0.778. The van der Waals surface area contributed by atoms with Crippen molar-refractivity contribution < 1.29 is 14.6 Å². The van der Waals surface area contributed by atoms with Crippen molar-refractivity contribution in [2.45, 2.75) is 38.8 Å². The molecule has 16 heavy (non-hydrogen) atoms. The highest BCUT2D eigenvalue weighted by atomic mass is 16.5. The van der Waals surface area contributed by atoms with Gasteiger partial charge in [0.15, 0.2) is 5.82 Å². The first kappa shape index (κ1) is 12.6. The van der Waals surface area contributed by atoms with Crippen molar-refractivity contribution in [3.63, 3.8) is 0 Å². The molecule has 0 aliphatic rings. The lowest BCUT2D eigenvalue weighted by Gasteiger charge is -2.14. The van der Waals surface area contributed by atoms with E-state index in [-0.39, 0.29) is 12.3 Å². The minimum atomic E-state index is -0.897. The van der Waals surface area contributed by atoms with E-state index in [0.717, 1.165) is 5.82 Å². The number of tetrazole rings is 1. The maximum Gasteiger partial charge on any atom is 0.306 e. The Morgan fingerprint density at radius 1 is 1.56 bits per heavy atom. The van der Waals surface area contributed by atoms with Crippen LogP contribution in [0.15, 0.2) is 0 Å². The fourth-order valence-electron chi connectivity index (χ4n) is 1.37. The lowest BCUT2D eigenvalue weighted by Crippen LogP contribution is -2.24. The summed E-state index contributed by atoms with van der Waals surface area (Å²) in [6.45, 7) is 4.30. The van der Waals surface area contributed by atoms with E-state index in [1.807, 2.05) is 13.8 Å². The maximum absolute atomic E-state index is 10.6. The molecule has 1 aromatic rings. The molecule has 1 N–H and O–H groups in total. The minimum Gasteiger partial charge on any atom is -0.481 e. The Morgan fingerprint density at radius 3 is 2.75 bits per heavy atom. The smallest absolute Gasteiger partial charge is 0.306 e. The van der Waals surface area contributed by atoms with E-state index in [1.165, 1.54) is 7.11 Å². The molecule has 7 heteroatoms. The van der Waals surface area contributed by atoms with Gasteiger partial charge >= 0.3 is 5.97 Å². The van der Waals surface area contributed by atoms with Crippen LogP contribution >= 0.6 is 0 Å². The largest absolute Gasteiger partial charge is 0.481 e. The van der Waals surface area contributed by atoms with Gasteiger partial charge in [0.25, 0.3) is 0 Å². The number of nitrogens with zero attached hydrogens (tertiary/aromatic N) is 4. The Kier molecular flexibility index (Phi) is 4.36. The SMILES string of the molecule is COC(CC(=O)O)Cn1nnnc1C(C)C. The van der Waals surface area contributed by atoms with Crippen LogP contribution in [0.2, 0.25) is 0 Å². The fourth-order valence-corrected chi connectivity index (χ4v) is 1.37. The van der Waals surface area contributed by atoms with Crippen LogP contribution < -0.4 is 0 Å². The van der Waals surface area contributed by atoms with Gasteiger partial charge in [0, 0.05) is 13.0 Å². The minimum absolute atomic E-state index is 0.0616. The molecule has 0 saturated carbocycles. The maximum atomic E-state index is 10.6. The first-order valence-corrected chi connectivity index (χ1v) is 5.05. The molecule has 0 spiro atoms. The molecular formula is C9H16N4O3. The molecule has 1 atom stereocenters. The van der Waals surface area contributed by atoms with E-state index < -0.39 is 12.1 Å². The third-order valence-corrected chi connectivity index (χ3v) is 2.19. The Morgan fingerprint density at radius 2 is 2.25 bits per heavy atom. The first-order valence-electron chi connectivity index (χ1n) is 5.05. The van der Waals surface area contributed by atoms with Crippen LogP contribution in [0, 0.1) is 0 Å². The third-order valence-electron chi connectivity index (χ3n) is 2.19. The van der Waals surface area contributed by atoms with Gasteiger partial charge in [0.2, 0.25) is 0 Å². The van der Waals surface area contributed by atoms with E-state index >= 15 is 0 Å². The number of ether oxygens (including phenoxy) is 1. The number of carboxylic acids is 1. The zero-order valence-corrected chi connectivity index (χ0v) is 9.62. The molecule has 0 bridgehead atoms. The van der Waals surface area contributed by atoms with Crippen molar-refractivity contribution in [1.82, 2.24) is 20.2 Å². The summed E-state index contributed by atoms with van der Waals surface area (Å²) in [7, 11) is 1.48. The second-order valence-corrected chi connectivity index (χ2v) is 3.83. The van der Waals surface area contributed by atoms with E-state index in [1.54, 1.807) is 4.68 Å². The molecule has 1 unspecified atom stereocenters. The summed E-state index contributed by atoms with van der Waals surface area (Å²) in [6.07, 6.45) is -0.480. The third kappa shape index (κ3) is 3.27. The number of carboxylic acid groups (broad SMARTS) is 1. The van der Waals surface area contributed by atoms with Gasteiger partial charge in [-0.3, -0.25) is 4.79 Å². The lowest BCUT2D eigenvalue weighted by molar-refractivity contribution is -0.140. The Bertz CT molecular complexity index is 350. The summed E-state index contributed by atoms with van der Waals surface area (Å²) in [5.74, 6) is 0.0239. The van der Waals surface area contributed by atoms with E-state index in [4.69, 9.17) is 9.84 Å². The number of aliphatic carboxylic acids is 1. The molecule has 1 aromatic heterocycles. The standard InChI is InChI=1S/C9H16N4O3/c1-6(2)9-10-11-12-13(9)5-7(16-3)4-8(14)15/h6-7H,4-5H2,1-3H3,(H,14,15). The Hall–Kier alpha value is -1.50. The zero-order chi connectivity index (χ0) is 12.1. The van der Waals surface area contributed by atoms with E-state index in [2.05, 4.69) is 15.5 Å². The molecule has 0 aromatic carbocycles. The van der Waals surface area contributed by atoms with Gasteiger partial charge in [0.1, 0.15) is 0 Å². The van der Waals surface area contributed by atoms with Crippen LogP contribution in [0.25, 0.3) is 0 Å². The molecular weight excluding hydrogens is 212 g/mol. The molecule has 0 aliphatic carbocycles. The molecule has 0 fully saturated rings. The van der Waals surface area contributed by atoms with Crippen LogP contribution in [-0.2, 0) is 16.1 Å². The quantitative estimate of drug-likeness (QED) is 0.752. The molecule has 0 amide bonds. The second kappa shape index (κ2) is 5.55. The molecule has 7 nitrogen and oxygen atoms in total. The molecule has 0 radical (unpaired) electrons. The summed E-state index contributed by atoms with van der Waals surface area (Å²) < 4.78 is 6.66. The highest BCUT2D eigenvalue weighted by Gasteiger charge is 2.17. The average Bonchev–Trinajstić information content (AvgIpc) is 2.64. The molecule has 0 aliphatic heterocycles. The predicted molar refractivity (Wildman–Crippen MR) is 55.0 cm³/mol. The van der Waals surface area contributed by atoms with Gasteiger partial charge in [-0.15, -0.1) is 5.10 Å². The molecule has 1 rings (SSSR count). The van der Waals surface area contributed by atoms with Gasteiger partial charge in [0.05, 0.1) is 19.1 Å². The zero-order valence-electron chi connectivity index (χ0n) is 9.62. The van der Waals surface area contributed by atoms with Gasteiger partial charge < -0.3 is 9.84 Å². The van der Waals surface area contributed by atoms with Crippen molar-refractivity contribution in [2.24, 2.45) is 0 Å². The molecule has 0 saturated heterocycles. The molecule has 90 valence electrons. The van der Waals surface area contributed by atoms with Crippen molar-refractivity contribution in [3.05, 3.63) is 5.82 Å². The summed E-state index contributed by atoms with van der Waals surface area (Å²) in [4.78, 5) is 10.6. The van der Waals surface area contributed by atoms with Crippen LogP contribution in [-0.4, -0.2) is 44.5 Å². The monoisotopic (exact) mass is 228 g/mol. The predicted octanol–water partition coefficient (Wildman–Crippen LogP) is 0.286. The number of rotatable bonds is 6. The van der Waals surface area contributed by atoms with Gasteiger partial charge in [-0.2, -0.15) is 0 Å². The van der Waals surface area contributed by atoms with E-state index in [0.29, 0.717) is 6.54 Å². The number of hydrogen-bond donors (Lipinski definition) is 1. The first-order chi connectivity index (χ1) is 7.54. The number of hydrogen-bond acceptors (Lipinski definition) is 5. The average molecular weight is 228 g/mol. The highest BCUT2D eigenvalue weighted by Crippen LogP contribution is 2.11. The van der Waals surface area contributed by atoms with Gasteiger partial charge in [-0.05, 0) is 10.4 Å². The van der Waals surface area contributed by atoms with Crippen LogP contribution in [0.4, 0.5) is 0 Å².